The number of thiophene rings is 1. The molecule has 0 atom stereocenters. The van der Waals surface area contributed by atoms with E-state index in [2.05, 4.69) is 44.3 Å². The first-order valence-electron chi connectivity index (χ1n) is 10.9. The average Bonchev–Trinajstić information content (AvgIpc) is 3.23. The molecule has 0 spiro atoms. The Balaban J connectivity index is 1.52. The number of para-hydroxylation sites is 2. The Hall–Kier alpha value is -3.16. The predicted octanol–water partition coefficient (Wildman–Crippen LogP) is 4.45. The molecular formula is C25H27N5OS. The number of anilines is 2. The van der Waals surface area contributed by atoms with Crippen LogP contribution < -0.4 is 9.80 Å². The van der Waals surface area contributed by atoms with E-state index in [0.29, 0.717) is 12.3 Å². The Morgan fingerprint density at radius 3 is 2.31 bits per heavy atom. The van der Waals surface area contributed by atoms with Gasteiger partial charge in [-0.2, -0.15) is 0 Å². The number of phenols is 1. The number of benzene rings is 2. The van der Waals surface area contributed by atoms with Crippen LogP contribution in [0, 0.1) is 0 Å². The SMILES string of the molecule is CN(C)Cc1nc(N2CCN(c3ccccc3O)CC2)c2c(-c3ccccc3)csc2n1. The molecule has 4 aromatic rings. The number of aromatic hydroxyl groups is 1. The van der Waals surface area contributed by atoms with Gasteiger partial charge >= 0.3 is 0 Å². The van der Waals surface area contributed by atoms with E-state index < -0.39 is 0 Å². The maximum absolute atomic E-state index is 10.3. The lowest BCUT2D eigenvalue weighted by atomic mass is 10.1. The summed E-state index contributed by atoms with van der Waals surface area (Å²) >= 11 is 1.69. The normalized spacial score (nSPS) is 14.5. The fourth-order valence-electron chi connectivity index (χ4n) is 4.27. The quantitative estimate of drug-likeness (QED) is 0.490. The molecule has 1 aliphatic heterocycles. The minimum Gasteiger partial charge on any atom is -0.506 e. The van der Waals surface area contributed by atoms with Gasteiger partial charge in [0.2, 0.25) is 0 Å². The van der Waals surface area contributed by atoms with Crippen LogP contribution in [0.25, 0.3) is 21.3 Å². The summed E-state index contributed by atoms with van der Waals surface area (Å²) in [4.78, 5) is 17.7. The highest BCUT2D eigenvalue weighted by molar-refractivity contribution is 7.17. The Labute approximate surface area is 192 Å². The van der Waals surface area contributed by atoms with E-state index >= 15 is 0 Å². The molecule has 1 saturated heterocycles. The molecular weight excluding hydrogens is 418 g/mol. The standard InChI is InChI=1S/C25H27N5OS/c1-28(2)16-22-26-24(23-19(17-32-25(23)27-22)18-8-4-3-5-9-18)30-14-12-29(13-15-30)20-10-6-7-11-21(20)31/h3-11,17,31H,12-16H2,1-2H3. The van der Waals surface area contributed by atoms with Crippen LogP contribution in [0.15, 0.2) is 60.0 Å². The van der Waals surface area contributed by atoms with Gasteiger partial charge < -0.3 is 19.8 Å². The smallest absolute Gasteiger partial charge is 0.146 e. The Bertz CT molecular complexity index is 1220. The summed E-state index contributed by atoms with van der Waals surface area (Å²) in [7, 11) is 4.09. The van der Waals surface area contributed by atoms with Gasteiger partial charge in [0.25, 0.3) is 0 Å². The van der Waals surface area contributed by atoms with Gasteiger partial charge in [-0.05, 0) is 31.8 Å². The summed E-state index contributed by atoms with van der Waals surface area (Å²) in [5.74, 6) is 2.20. The van der Waals surface area contributed by atoms with Crippen LogP contribution in [0.3, 0.4) is 0 Å². The van der Waals surface area contributed by atoms with Crippen molar-refractivity contribution < 1.29 is 5.11 Å². The van der Waals surface area contributed by atoms with E-state index in [0.717, 1.165) is 53.7 Å². The van der Waals surface area contributed by atoms with Gasteiger partial charge in [-0.25, -0.2) is 9.97 Å². The van der Waals surface area contributed by atoms with Gasteiger partial charge in [0, 0.05) is 37.1 Å². The first kappa shape index (κ1) is 20.7. The van der Waals surface area contributed by atoms with Crippen LogP contribution in [-0.2, 0) is 6.54 Å². The largest absolute Gasteiger partial charge is 0.506 e. The van der Waals surface area contributed by atoms with Gasteiger partial charge in [0.15, 0.2) is 0 Å². The van der Waals surface area contributed by atoms with Gasteiger partial charge in [0.05, 0.1) is 17.6 Å². The van der Waals surface area contributed by atoms with Crippen molar-refractivity contribution in [1.29, 1.82) is 0 Å². The van der Waals surface area contributed by atoms with Crippen molar-refractivity contribution in [1.82, 2.24) is 14.9 Å². The Morgan fingerprint density at radius 1 is 0.906 bits per heavy atom. The second kappa shape index (κ2) is 8.76. The van der Waals surface area contributed by atoms with Crippen LogP contribution in [0.5, 0.6) is 5.75 Å². The minimum absolute atomic E-state index is 0.336. The first-order chi connectivity index (χ1) is 15.6. The lowest BCUT2D eigenvalue weighted by Crippen LogP contribution is -2.47. The van der Waals surface area contributed by atoms with Crippen LogP contribution in [0.4, 0.5) is 11.5 Å². The van der Waals surface area contributed by atoms with Crippen molar-refractivity contribution in [2.24, 2.45) is 0 Å². The lowest BCUT2D eigenvalue weighted by molar-refractivity contribution is 0.391. The first-order valence-corrected chi connectivity index (χ1v) is 11.7. The van der Waals surface area contributed by atoms with Gasteiger partial charge in [0.1, 0.15) is 22.2 Å². The highest BCUT2D eigenvalue weighted by Crippen LogP contribution is 2.39. The summed E-state index contributed by atoms with van der Waals surface area (Å²) in [6, 6.07) is 18.1. The molecule has 1 fully saturated rings. The summed E-state index contributed by atoms with van der Waals surface area (Å²) in [5, 5.41) is 13.6. The van der Waals surface area contributed by atoms with Gasteiger partial charge in [-0.15, -0.1) is 11.3 Å². The summed E-state index contributed by atoms with van der Waals surface area (Å²) in [6.45, 7) is 4.05. The molecule has 7 heteroatoms. The third-order valence-electron chi connectivity index (χ3n) is 5.80. The lowest BCUT2D eigenvalue weighted by Gasteiger charge is -2.37. The molecule has 32 heavy (non-hydrogen) atoms. The molecule has 0 aliphatic carbocycles. The maximum atomic E-state index is 10.3. The maximum Gasteiger partial charge on any atom is 0.146 e. The van der Waals surface area contributed by atoms with Crippen molar-refractivity contribution in [2.75, 3.05) is 50.1 Å². The summed E-state index contributed by atoms with van der Waals surface area (Å²) < 4.78 is 0. The third kappa shape index (κ3) is 4.01. The Kier molecular flexibility index (Phi) is 5.68. The number of rotatable bonds is 5. The fraction of sp³-hybridized carbons (Fsp3) is 0.280. The zero-order valence-corrected chi connectivity index (χ0v) is 19.2. The molecule has 0 bridgehead atoms. The zero-order chi connectivity index (χ0) is 22.1. The minimum atomic E-state index is 0.336. The molecule has 6 nitrogen and oxygen atoms in total. The molecule has 0 saturated carbocycles. The van der Waals surface area contributed by atoms with E-state index in [4.69, 9.17) is 9.97 Å². The number of nitrogens with zero attached hydrogens (tertiary/aromatic N) is 5. The van der Waals surface area contributed by atoms with Crippen LogP contribution >= 0.6 is 11.3 Å². The fourth-order valence-corrected chi connectivity index (χ4v) is 5.23. The molecule has 2 aromatic heterocycles. The van der Waals surface area contributed by atoms with Crippen LogP contribution in [0.1, 0.15) is 5.82 Å². The number of phenolic OH excluding ortho intramolecular Hbond substituents is 1. The van der Waals surface area contributed by atoms with Crippen molar-refractivity contribution in [3.63, 3.8) is 0 Å². The Morgan fingerprint density at radius 2 is 1.59 bits per heavy atom. The topological polar surface area (TPSA) is 55.7 Å². The second-order valence-corrected chi connectivity index (χ2v) is 9.22. The molecule has 0 unspecified atom stereocenters. The van der Waals surface area contributed by atoms with Crippen LogP contribution in [-0.4, -0.2) is 60.2 Å². The van der Waals surface area contributed by atoms with E-state index in [1.807, 2.05) is 38.4 Å². The molecule has 164 valence electrons. The molecule has 0 radical (unpaired) electrons. The highest BCUT2D eigenvalue weighted by atomic mass is 32.1. The van der Waals surface area contributed by atoms with Crippen molar-refractivity contribution in [3.8, 4) is 16.9 Å². The van der Waals surface area contributed by atoms with E-state index in [1.165, 1.54) is 11.1 Å². The molecule has 5 rings (SSSR count). The van der Waals surface area contributed by atoms with E-state index in [1.54, 1.807) is 17.4 Å². The molecule has 1 N–H and O–H groups in total. The number of piperazine rings is 1. The van der Waals surface area contributed by atoms with Crippen molar-refractivity contribution >= 4 is 33.1 Å². The van der Waals surface area contributed by atoms with Gasteiger partial charge in [-0.1, -0.05) is 42.5 Å². The average molecular weight is 446 g/mol. The third-order valence-corrected chi connectivity index (χ3v) is 6.68. The second-order valence-electron chi connectivity index (χ2n) is 8.36. The highest BCUT2D eigenvalue weighted by Gasteiger charge is 2.24. The number of hydrogen-bond donors (Lipinski definition) is 1. The van der Waals surface area contributed by atoms with Crippen molar-refractivity contribution in [2.45, 2.75) is 6.54 Å². The monoisotopic (exact) mass is 445 g/mol. The summed E-state index contributed by atoms with van der Waals surface area (Å²) in [5.41, 5.74) is 3.28. The molecule has 1 aliphatic rings. The molecule has 3 heterocycles. The van der Waals surface area contributed by atoms with E-state index in [9.17, 15) is 5.11 Å². The summed E-state index contributed by atoms with van der Waals surface area (Å²) in [6.07, 6.45) is 0. The zero-order valence-electron chi connectivity index (χ0n) is 18.4. The number of hydrogen-bond acceptors (Lipinski definition) is 7. The van der Waals surface area contributed by atoms with E-state index in [-0.39, 0.29) is 0 Å². The van der Waals surface area contributed by atoms with Crippen molar-refractivity contribution in [3.05, 3.63) is 65.8 Å². The van der Waals surface area contributed by atoms with Gasteiger partial charge in [-0.3, -0.25) is 0 Å². The number of aromatic nitrogens is 2. The number of fused-ring (bicyclic) bond motifs is 1. The van der Waals surface area contributed by atoms with Crippen LogP contribution in [0.2, 0.25) is 0 Å². The molecule has 2 aromatic carbocycles. The molecule has 0 amide bonds. The predicted molar refractivity (Wildman–Crippen MR) is 133 cm³/mol.